The van der Waals surface area contributed by atoms with Crippen LogP contribution in [0, 0.1) is 0 Å². The van der Waals surface area contributed by atoms with Crippen molar-refractivity contribution in [3.8, 4) is 0 Å². The summed E-state index contributed by atoms with van der Waals surface area (Å²) < 4.78 is 0.490. The van der Waals surface area contributed by atoms with Gasteiger partial charge in [-0.05, 0) is 12.8 Å². The molecular weight excluding hydrogens is 296 g/mol. The number of unbranched alkanes of at least 4 members (excludes halogenated alkanes) is 10. The Kier molecular flexibility index (Phi) is 14.3. The lowest BCUT2D eigenvalue weighted by molar-refractivity contribution is 0.0920. The predicted molar refractivity (Wildman–Crippen MR) is 103 cm³/mol. The van der Waals surface area contributed by atoms with Crippen LogP contribution in [0.2, 0.25) is 0 Å². The molecule has 0 radical (unpaired) electrons. The number of thiol groups is 1. The summed E-state index contributed by atoms with van der Waals surface area (Å²) in [6, 6.07) is 0. The van der Waals surface area contributed by atoms with Crippen molar-refractivity contribution in [3.63, 3.8) is 0 Å². The van der Waals surface area contributed by atoms with E-state index >= 15 is 0 Å². The summed E-state index contributed by atoms with van der Waals surface area (Å²) >= 11 is 9.46. The molecule has 0 atom stereocenters. The zero-order chi connectivity index (χ0) is 16.0. The van der Waals surface area contributed by atoms with Gasteiger partial charge in [-0.1, -0.05) is 103 Å². The number of hydrogen-bond acceptors (Lipinski definition) is 2. The van der Waals surface area contributed by atoms with Gasteiger partial charge in [-0.3, -0.25) is 0 Å². The largest absolute Gasteiger partial charge is 0.384 e. The fraction of sp³-hybridized carbons (Fsp3) is 0.944. The molecule has 0 rings (SSSR count). The summed E-state index contributed by atoms with van der Waals surface area (Å²) in [5.41, 5.74) is -0.812. The van der Waals surface area contributed by atoms with Crippen LogP contribution in [-0.4, -0.2) is 14.9 Å². The van der Waals surface area contributed by atoms with Gasteiger partial charge in [0.05, 0.1) is 4.20 Å². The van der Waals surface area contributed by atoms with E-state index in [1.165, 1.54) is 64.2 Å². The minimum atomic E-state index is -0.812. The predicted octanol–water partition coefficient (Wildman–Crippen LogP) is 6.48. The Morgan fingerprint density at radius 1 is 0.762 bits per heavy atom. The summed E-state index contributed by atoms with van der Waals surface area (Å²) in [7, 11) is 0. The quantitative estimate of drug-likeness (QED) is 0.203. The molecule has 0 aromatic carbocycles. The first-order valence-electron chi connectivity index (χ1n) is 9.02. The lowest BCUT2D eigenvalue weighted by Gasteiger charge is -2.27. The van der Waals surface area contributed by atoms with Gasteiger partial charge >= 0.3 is 0 Å². The highest BCUT2D eigenvalue weighted by Gasteiger charge is 2.28. The van der Waals surface area contributed by atoms with Crippen molar-refractivity contribution in [3.05, 3.63) is 0 Å². The lowest BCUT2D eigenvalue weighted by Crippen LogP contribution is -2.34. The van der Waals surface area contributed by atoms with Crippen LogP contribution in [0.5, 0.6) is 0 Å². The molecule has 1 nitrogen and oxygen atoms in total. The highest BCUT2D eigenvalue weighted by Crippen LogP contribution is 2.26. The zero-order valence-electron chi connectivity index (χ0n) is 14.2. The fourth-order valence-corrected chi connectivity index (χ4v) is 3.16. The van der Waals surface area contributed by atoms with E-state index in [9.17, 15) is 5.11 Å². The smallest absolute Gasteiger partial charge is 0.105 e. The fourth-order valence-electron chi connectivity index (χ4n) is 2.73. The second kappa shape index (κ2) is 14.0. The molecule has 3 heteroatoms. The van der Waals surface area contributed by atoms with Crippen LogP contribution in [0.4, 0.5) is 0 Å². The van der Waals surface area contributed by atoms with Gasteiger partial charge in [-0.2, -0.15) is 0 Å². The zero-order valence-corrected chi connectivity index (χ0v) is 15.9. The van der Waals surface area contributed by atoms with E-state index in [4.69, 9.17) is 12.2 Å². The first kappa shape index (κ1) is 21.4. The van der Waals surface area contributed by atoms with E-state index in [0.717, 1.165) is 25.7 Å². The minimum absolute atomic E-state index is 0.490. The Balaban J connectivity index is 3.82. The van der Waals surface area contributed by atoms with Gasteiger partial charge in [0.25, 0.3) is 0 Å². The molecule has 0 fully saturated rings. The van der Waals surface area contributed by atoms with Crippen LogP contribution in [0.3, 0.4) is 0 Å². The highest BCUT2D eigenvalue weighted by molar-refractivity contribution is 8.11. The second-order valence-corrected chi connectivity index (χ2v) is 7.53. The van der Waals surface area contributed by atoms with Crippen LogP contribution in [0.1, 0.15) is 104 Å². The summed E-state index contributed by atoms with van der Waals surface area (Å²) in [6.07, 6.45) is 16.5. The van der Waals surface area contributed by atoms with E-state index < -0.39 is 5.60 Å². The third-order valence-electron chi connectivity index (χ3n) is 4.29. The Hall–Kier alpha value is 0.400. The molecule has 0 amide bonds. The maximum Gasteiger partial charge on any atom is 0.105 e. The average Bonchev–Trinajstić information content (AvgIpc) is 2.46. The summed E-state index contributed by atoms with van der Waals surface area (Å²) in [5.74, 6) is 0. The van der Waals surface area contributed by atoms with Gasteiger partial charge in [-0.25, -0.2) is 0 Å². The van der Waals surface area contributed by atoms with Crippen molar-refractivity contribution in [2.45, 2.75) is 109 Å². The molecule has 1 N–H and O–H groups in total. The Morgan fingerprint density at radius 3 is 1.43 bits per heavy atom. The monoisotopic (exact) mass is 332 g/mol. The van der Waals surface area contributed by atoms with Crippen LogP contribution >= 0.6 is 24.8 Å². The molecule has 0 saturated heterocycles. The van der Waals surface area contributed by atoms with Gasteiger partial charge in [0.15, 0.2) is 0 Å². The summed E-state index contributed by atoms with van der Waals surface area (Å²) in [6.45, 7) is 4.47. The van der Waals surface area contributed by atoms with Gasteiger partial charge in [0.1, 0.15) is 5.60 Å². The van der Waals surface area contributed by atoms with Crippen molar-refractivity contribution < 1.29 is 5.11 Å². The van der Waals surface area contributed by atoms with E-state index in [1.54, 1.807) is 0 Å². The van der Waals surface area contributed by atoms with Crippen LogP contribution in [-0.2, 0) is 0 Å². The molecule has 0 aliphatic rings. The van der Waals surface area contributed by atoms with Crippen LogP contribution in [0.15, 0.2) is 0 Å². The topological polar surface area (TPSA) is 20.2 Å². The van der Waals surface area contributed by atoms with E-state index in [0.29, 0.717) is 4.20 Å². The third-order valence-corrected chi connectivity index (χ3v) is 5.08. The molecule has 0 aromatic heterocycles. The Labute approximate surface area is 143 Å². The van der Waals surface area contributed by atoms with Crippen molar-refractivity contribution in [2.24, 2.45) is 0 Å². The molecule has 0 spiro atoms. The van der Waals surface area contributed by atoms with Gasteiger partial charge in [0, 0.05) is 0 Å². The number of thiocarbonyl (C=S) groups is 1. The van der Waals surface area contributed by atoms with Gasteiger partial charge in [-0.15, -0.1) is 12.6 Å². The minimum Gasteiger partial charge on any atom is -0.384 e. The maximum absolute atomic E-state index is 10.7. The molecule has 0 saturated carbocycles. The van der Waals surface area contributed by atoms with E-state index in [2.05, 4.69) is 26.5 Å². The van der Waals surface area contributed by atoms with Crippen molar-refractivity contribution in [2.75, 3.05) is 0 Å². The number of aliphatic hydroxyl groups is 1. The van der Waals surface area contributed by atoms with Gasteiger partial charge < -0.3 is 5.11 Å². The Morgan fingerprint density at radius 2 is 1.10 bits per heavy atom. The van der Waals surface area contributed by atoms with Gasteiger partial charge in [0.2, 0.25) is 0 Å². The van der Waals surface area contributed by atoms with E-state index in [1.807, 2.05) is 0 Å². The molecule has 0 unspecified atom stereocenters. The molecular formula is C18H36OS2. The number of hydrogen-bond donors (Lipinski definition) is 2. The van der Waals surface area contributed by atoms with Crippen LogP contribution < -0.4 is 0 Å². The normalized spacial score (nSPS) is 11.8. The average molecular weight is 333 g/mol. The summed E-state index contributed by atoms with van der Waals surface area (Å²) in [4.78, 5) is 0. The first-order valence-corrected chi connectivity index (χ1v) is 9.88. The molecule has 126 valence electrons. The molecule has 0 aliphatic heterocycles. The standard InChI is InChI=1S/C18H36OS2/c1-3-5-7-9-11-13-15-18(19,17(20)21)16-14-12-10-8-6-4-2/h19H,3-16H2,1-2H3,(H,20,21). The summed E-state index contributed by atoms with van der Waals surface area (Å²) in [5, 5.41) is 10.7. The van der Waals surface area contributed by atoms with Crippen molar-refractivity contribution >= 4 is 29.0 Å². The lowest BCUT2D eigenvalue weighted by atomic mass is 9.91. The third kappa shape index (κ3) is 11.6. The Bertz CT molecular complexity index is 238. The molecule has 0 aromatic rings. The van der Waals surface area contributed by atoms with Crippen molar-refractivity contribution in [1.29, 1.82) is 0 Å². The number of rotatable bonds is 15. The molecule has 0 bridgehead atoms. The highest BCUT2D eigenvalue weighted by atomic mass is 32.1. The van der Waals surface area contributed by atoms with Crippen molar-refractivity contribution in [1.82, 2.24) is 0 Å². The molecule has 0 heterocycles. The first-order chi connectivity index (χ1) is 10.1. The second-order valence-electron chi connectivity index (χ2n) is 6.37. The maximum atomic E-state index is 10.7. The van der Waals surface area contributed by atoms with Crippen LogP contribution in [0.25, 0.3) is 0 Å². The molecule has 21 heavy (non-hydrogen) atoms. The SMILES string of the molecule is CCCCCCCCC(O)(CCCCCCCC)C(=S)S. The molecule has 0 aliphatic carbocycles. The van der Waals surface area contributed by atoms with E-state index in [-0.39, 0.29) is 0 Å².